The van der Waals surface area contributed by atoms with Gasteiger partial charge in [0, 0.05) is 6.61 Å². The van der Waals surface area contributed by atoms with Crippen molar-refractivity contribution in [2.75, 3.05) is 6.61 Å². The Labute approximate surface area is 67.1 Å². The lowest BCUT2D eigenvalue weighted by molar-refractivity contribution is 0.348. The molecule has 0 aromatic heterocycles. The molecule has 0 aromatic carbocycles. The minimum absolute atomic E-state index is 0.207. The molecule has 62 valence electrons. The summed E-state index contributed by atoms with van der Waals surface area (Å²) in [7, 11) is -0.207. The molecule has 0 aliphatic carbocycles. The topological polar surface area (TPSA) is 9.23 Å². The van der Waals surface area contributed by atoms with Gasteiger partial charge in [0.15, 0.2) is 9.76 Å². The van der Waals surface area contributed by atoms with Crippen LogP contribution in [0.3, 0.4) is 0 Å². The molecule has 0 aliphatic rings. The van der Waals surface area contributed by atoms with Crippen molar-refractivity contribution in [3.63, 3.8) is 0 Å². The Hall–Kier alpha value is 0.177. The van der Waals surface area contributed by atoms with Gasteiger partial charge in [0.1, 0.15) is 0 Å². The van der Waals surface area contributed by atoms with Crippen LogP contribution in [0.5, 0.6) is 0 Å². The van der Waals surface area contributed by atoms with Crippen molar-refractivity contribution in [2.45, 2.75) is 39.7 Å². The highest BCUT2D eigenvalue weighted by Crippen LogP contribution is 2.14. The molecule has 1 nitrogen and oxygen atoms in total. The van der Waals surface area contributed by atoms with Crippen molar-refractivity contribution in [3.8, 4) is 0 Å². The quantitative estimate of drug-likeness (QED) is 0.559. The maximum Gasteiger partial charge on any atom is 0.164 e. The van der Waals surface area contributed by atoms with Gasteiger partial charge in [0.2, 0.25) is 0 Å². The van der Waals surface area contributed by atoms with Gasteiger partial charge in [0.05, 0.1) is 0 Å². The van der Waals surface area contributed by atoms with E-state index in [0.29, 0.717) is 0 Å². The SMILES string of the molecule is CCO[SiH2]C(C)CC(C)C. The predicted octanol–water partition coefficient (Wildman–Crippen LogP) is 1.96. The standard InChI is InChI=1S/C8H20OSi/c1-5-9-10-8(4)6-7(2)3/h7-8H,5-6,10H2,1-4H3. The van der Waals surface area contributed by atoms with Crippen LogP contribution in [0, 0.1) is 5.92 Å². The van der Waals surface area contributed by atoms with Gasteiger partial charge in [0.25, 0.3) is 0 Å². The van der Waals surface area contributed by atoms with Crippen molar-refractivity contribution in [1.29, 1.82) is 0 Å². The molecule has 0 saturated heterocycles. The molecule has 0 radical (unpaired) electrons. The zero-order valence-electron chi connectivity index (χ0n) is 7.68. The monoisotopic (exact) mass is 160 g/mol. The molecule has 1 unspecified atom stereocenters. The van der Waals surface area contributed by atoms with E-state index in [2.05, 4.69) is 27.7 Å². The highest BCUT2D eigenvalue weighted by atomic mass is 28.2. The van der Waals surface area contributed by atoms with E-state index in [1.807, 2.05) is 0 Å². The Kier molecular flexibility index (Phi) is 6.03. The van der Waals surface area contributed by atoms with E-state index in [4.69, 9.17) is 4.43 Å². The lowest BCUT2D eigenvalue weighted by Gasteiger charge is -2.12. The molecule has 2 heteroatoms. The maximum absolute atomic E-state index is 5.44. The molecule has 0 aromatic rings. The molecule has 0 heterocycles. The van der Waals surface area contributed by atoms with E-state index in [1.165, 1.54) is 6.42 Å². The van der Waals surface area contributed by atoms with Gasteiger partial charge in [-0.2, -0.15) is 0 Å². The second-order valence-electron chi connectivity index (χ2n) is 3.39. The van der Waals surface area contributed by atoms with Crippen LogP contribution in [0.4, 0.5) is 0 Å². The van der Waals surface area contributed by atoms with Gasteiger partial charge < -0.3 is 4.43 Å². The summed E-state index contributed by atoms with van der Waals surface area (Å²) in [5.41, 5.74) is 0.861. The first-order valence-corrected chi connectivity index (χ1v) is 5.64. The average molecular weight is 160 g/mol. The number of rotatable bonds is 5. The van der Waals surface area contributed by atoms with Crippen LogP contribution in [0.1, 0.15) is 34.1 Å². The summed E-state index contributed by atoms with van der Waals surface area (Å²) in [4.78, 5) is 0. The summed E-state index contributed by atoms with van der Waals surface area (Å²) in [6.07, 6.45) is 1.34. The van der Waals surface area contributed by atoms with Crippen molar-refractivity contribution >= 4 is 9.76 Å². The molecule has 0 bridgehead atoms. The molecule has 0 N–H and O–H groups in total. The smallest absolute Gasteiger partial charge is 0.164 e. The molecule has 0 spiro atoms. The summed E-state index contributed by atoms with van der Waals surface area (Å²) in [5.74, 6) is 0.836. The van der Waals surface area contributed by atoms with Gasteiger partial charge in [-0.1, -0.05) is 20.8 Å². The Morgan fingerprint density at radius 2 is 1.90 bits per heavy atom. The first-order chi connectivity index (χ1) is 4.66. The molecule has 1 atom stereocenters. The third-order valence-electron chi connectivity index (χ3n) is 1.48. The molecule has 0 rings (SSSR count). The van der Waals surface area contributed by atoms with Crippen LogP contribution in [0.25, 0.3) is 0 Å². The van der Waals surface area contributed by atoms with Crippen molar-refractivity contribution in [2.24, 2.45) is 5.92 Å². The normalized spacial score (nSPS) is 15.3. The molecular weight excluding hydrogens is 140 g/mol. The second-order valence-corrected chi connectivity index (χ2v) is 5.53. The van der Waals surface area contributed by atoms with Crippen LogP contribution in [0.15, 0.2) is 0 Å². The fourth-order valence-electron chi connectivity index (χ4n) is 1.19. The van der Waals surface area contributed by atoms with Gasteiger partial charge in [-0.25, -0.2) is 0 Å². The number of hydrogen-bond donors (Lipinski definition) is 0. The summed E-state index contributed by atoms with van der Waals surface area (Å²) < 4.78 is 5.44. The second kappa shape index (κ2) is 5.92. The highest BCUT2D eigenvalue weighted by Gasteiger charge is 2.04. The van der Waals surface area contributed by atoms with Gasteiger partial charge in [-0.05, 0) is 24.8 Å². The fourth-order valence-corrected chi connectivity index (χ4v) is 2.63. The fraction of sp³-hybridized carbons (Fsp3) is 1.00. The van der Waals surface area contributed by atoms with Crippen molar-refractivity contribution in [1.82, 2.24) is 0 Å². The first kappa shape index (κ1) is 10.2. The van der Waals surface area contributed by atoms with Gasteiger partial charge in [-0.15, -0.1) is 0 Å². The number of hydrogen-bond acceptors (Lipinski definition) is 1. The summed E-state index contributed by atoms with van der Waals surface area (Å²) in [5, 5.41) is 0. The lowest BCUT2D eigenvalue weighted by atomic mass is 10.1. The molecule has 0 fully saturated rings. The third-order valence-corrected chi connectivity index (χ3v) is 3.03. The Balaban J connectivity index is 3.16. The lowest BCUT2D eigenvalue weighted by Crippen LogP contribution is -2.07. The van der Waals surface area contributed by atoms with Crippen LogP contribution >= 0.6 is 0 Å². The van der Waals surface area contributed by atoms with Crippen molar-refractivity contribution in [3.05, 3.63) is 0 Å². The van der Waals surface area contributed by atoms with Crippen LogP contribution in [0.2, 0.25) is 5.54 Å². The molecule has 0 aliphatic heterocycles. The van der Waals surface area contributed by atoms with Crippen LogP contribution in [-0.2, 0) is 4.43 Å². The molecule has 10 heavy (non-hydrogen) atoms. The van der Waals surface area contributed by atoms with E-state index in [-0.39, 0.29) is 9.76 Å². The zero-order valence-corrected chi connectivity index (χ0v) is 9.10. The first-order valence-electron chi connectivity index (χ1n) is 4.24. The molecule has 0 amide bonds. The Morgan fingerprint density at radius 3 is 2.30 bits per heavy atom. The van der Waals surface area contributed by atoms with Gasteiger partial charge in [-0.3, -0.25) is 0 Å². The highest BCUT2D eigenvalue weighted by molar-refractivity contribution is 6.29. The minimum atomic E-state index is -0.207. The van der Waals surface area contributed by atoms with Crippen LogP contribution < -0.4 is 0 Å². The Morgan fingerprint density at radius 1 is 1.30 bits per heavy atom. The largest absolute Gasteiger partial charge is 0.424 e. The minimum Gasteiger partial charge on any atom is -0.424 e. The van der Waals surface area contributed by atoms with Crippen molar-refractivity contribution < 1.29 is 4.43 Å². The predicted molar refractivity (Wildman–Crippen MR) is 49.0 cm³/mol. The van der Waals surface area contributed by atoms with E-state index >= 15 is 0 Å². The summed E-state index contributed by atoms with van der Waals surface area (Å²) in [6, 6.07) is 0. The third kappa shape index (κ3) is 6.30. The molecular formula is C8H20OSi. The van der Waals surface area contributed by atoms with Crippen LogP contribution in [-0.4, -0.2) is 16.4 Å². The van der Waals surface area contributed by atoms with E-state index < -0.39 is 0 Å². The zero-order chi connectivity index (χ0) is 7.98. The Bertz CT molecular complexity index is 73.7. The average Bonchev–Trinajstić information content (AvgIpc) is 1.82. The van der Waals surface area contributed by atoms with Gasteiger partial charge >= 0.3 is 0 Å². The van der Waals surface area contributed by atoms with E-state index in [0.717, 1.165) is 18.1 Å². The summed E-state index contributed by atoms with van der Waals surface area (Å²) in [6.45, 7) is 9.85. The maximum atomic E-state index is 5.44. The van der Waals surface area contributed by atoms with E-state index in [9.17, 15) is 0 Å². The van der Waals surface area contributed by atoms with E-state index in [1.54, 1.807) is 0 Å². The molecule has 0 saturated carbocycles. The summed E-state index contributed by atoms with van der Waals surface area (Å²) >= 11 is 0.